The lowest BCUT2D eigenvalue weighted by Crippen LogP contribution is -2.31. The van der Waals surface area contributed by atoms with Crippen molar-refractivity contribution >= 4 is 31.6 Å². The smallest absolute Gasteiger partial charge is 0.246 e. The molecule has 0 N–H and O–H groups in total. The summed E-state index contributed by atoms with van der Waals surface area (Å²) < 4.78 is 57.5. The molecule has 10 heteroatoms. The summed E-state index contributed by atoms with van der Waals surface area (Å²) in [6, 6.07) is 3.97. The number of hydrogen-bond acceptors (Lipinski definition) is 6. The van der Waals surface area contributed by atoms with Gasteiger partial charge in [-0.1, -0.05) is 6.92 Å². The van der Waals surface area contributed by atoms with Crippen LogP contribution in [0.5, 0.6) is 5.75 Å². The number of carbonyl (C=O) groups is 1. The summed E-state index contributed by atoms with van der Waals surface area (Å²) in [6.07, 6.45) is 1.55. The van der Waals surface area contributed by atoms with Gasteiger partial charge in [-0.05, 0) is 31.0 Å². The molecule has 0 bridgehead atoms. The standard InChI is InChI=1S/C15H20N2O6S2/c1-11-10-24(19,20)17(15(11)18)12-5-6-13(23-2)14(9-12)25(21,22)16-7-3-4-8-16/h5-6,9,11H,3-4,7-8,10H2,1-2H3/t11-/m1/s1. The Morgan fingerprint density at radius 1 is 1.20 bits per heavy atom. The first-order valence-corrected chi connectivity index (χ1v) is 11.0. The second kappa shape index (κ2) is 6.26. The van der Waals surface area contributed by atoms with Gasteiger partial charge in [0.1, 0.15) is 10.6 Å². The van der Waals surface area contributed by atoms with Gasteiger partial charge in [-0.3, -0.25) is 4.79 Å². The van der Waals surface area contributed by atoms with E-state index in [9.17, 15) is 21.6 Å². The Hall–Kier alpha value is -1.65. The predicted octanol–water partition coefficient (Wildman–Crippen LogP) is 0.792. The SMILES string of the molecule is COc1ccc(N2C(=O)[C@H](C)CS2(=O)=O)cc1S(=O)(=O)N1CCCC1. The normalized spacial score (nSPS) is 24.0. The molecule has 0 unspecified atom stereocenters. The Morgan fingerprint density at radius 2 is 1.84 bits per heavy atom. The first kappa shape index (κ1) is 18.2. The van der Waals surface area contributed by atoms with Gasteiger partial charge in [0.05, 0.1) is 24.5 Å². The molecule has 1 amide bonds. The van der Waals surface area contributed by atoms with Crippen LogP contribution in [-0.2, 0) is 24.8 Å². The second-order valence-electron chi connectivity index (χ2n) is 6.23. The fraction of sp³-hybridized carbons (Fsp3) is 0.533. The van der Waals surface area contributed by atoms with Crippen molar-refractivity contribution in [2.24, 2.45) is 5.92 Å². The number of ether oxygens (including phenoxy) is 1. The highest BCUT2D eigenvalue weighted by molar-refractivity contribution is 7.94. The van der Waals surface area contributed by atoms with Gasteiger partial charge in [0.25, 0.3) is 0 Å². The van der Waals surface area contributed by atoms with E-state index >= 15 is 0 Å². The van der Waals surface area contributed by atoms with Crippen LogP contribution in [0.2, 0.25) is 0 Å². The third-order valence-electron chi connectivity index (χ3n) is 4.43. The fourth-order valence-corrected chi connectivity index (χ4v) is 6.65. The van der Waals surface area contributed by atoms with E-state index in [1.54, 1.807) is 0 Å². The number of methoxy groups -OCH3 is 1. The van der Waals surface area contributed by atoms with Gasteiger partial charge in [0.15, 0.2) is 0 Å². The summed E-state index contributed by atoms with van der Waals surface area (Å²) in [6.45, 7) is 2.35. The van der Waals surface area contributed by atoms with Gasteiger partial charge in [-0.2, -0.15) is 4.31 Å². The van der Waals surface area contributed by atoms with E-state index in [0.29, 0.717) is 17.4 Å². The molecule has 0 aromatic heterocycles. The Bertz CT molecular complexity index is 904. The Labute approximate surface area is 147 Å². The number of sulfonamides is 2. The summed E-state index contributed by atoms with van der Waals surface area (Å²) in [5, 5.41) is 0. The molecule has 0 saturated carbocycles. The van der Waals surface area contributed by atoms with Crippen LogP contribution >= 0.6 is 0 Å². The molecule has 3 rings (SSSR count). The molecule has 2 fully saturated rings. The summed E-state index contributed by atoms with van der Waals surface area (Å²) in [4.78, 5) is 12.1. The average Bonchev–Trinajstić information content (AvgIpc) is 3.15. The molecule has 2 saturated heterocycles. The molecule has 1 aromatic rings. The van der Waals surface area contributed by atoms with Crippen LogP contribution < -0.4 is 9.04 Å². The van der Waals surface area contributed by atoms with E-state index in [1.807, 2.05) is 0 Å². The van der Waals surface area contributed by atoms with Gasteiger partial charge in [0, 0.05) is 13.1 Å². The number of rotatable bonds is 4. The zero-order valence-electron chi connectivity index (χ0n) is 14.0. The van der Waals surface area contributed by atoms with Crippen LogP contribution in [0.15, 0.2) is 23.1 Å². The monoisotopic (exact) mass is 388 g/mol. The topological polar surface area (TPSA) is 101 Å². The maximum absolute atomic E-state index is 12.9. The lowest BCUT2D eigenvalue weighted by Gasteiger charge is -2.21. The Balaban J connectivity index is 2.12. The predicted molar refractivity (Wildman–Crippen MR) is 91.4 cm³/mol. The van der Waals surface area contributed by atoms with Crippen molar-refractivity contribution in [3.05, 3.63) is 18.2 Å². The molecular weight excluding hydrogens is 368 g/mol. The van der Waals surface area contributed by atoms with Crippen molar-refractivity contribution in [3.8, 4) is 5.75 Å². The van der Waals surface area contributed by atoms with Crippen LogP contribution in [0, 0.1) is 5.92 Å². The summed E-state index contributed by atoms with van der Waals surface area (Å²) >= 11 is 0. The zero-order valence-corrected chi connectivity index (χ0v) is 15.6. The van der Waals surface area contributed by atoms with Crippen LogP contribution in [0.4, 0.5) is 5.69 Å². The minimum absolute atomic E-state index is 0.0212. The molecule has 8 nitrogen and oxygen atoms in total. The average molecular weight is 388 g/mol. The summed E-state index contributed by atoms with van der Waals surface area (Å²) in [5.41, 5.74) is 0.0212. The maximum atomic E-state index is 12.9. The highest BCUT2D eigenvalue weighted by Gasteiger charge is 2.42. The summed E-state index contributed by atoms with van der Waals surface area (Å²) in [5.74, 6) is -1.39. The molecule has 0 aliphatic carbocycles. The van der Waals surface area contributed by atoms with Gasteiger partial charge < -0.3 is 4.74 Å². The molecule has 2 heterocycles. The Morgan fingerprint density at radius 3 is 2.36 bits per heavy atom. The minimum atomic E-state index is -3.83. The lowest BCUT2D eigenvalue weighted by molar-refractivity contribution is -0.119. The van der Waals surface area contributed by atoms with Crippen LogP contribution in [-0.4, -0.2) is 53.0 Å². The van der Waals surface area contributed by atoms with Crippen LogP contribution in [0.1, 0.15) is 19.8 Å². The van der Waals surface area contributed by atoms with Crippen molar-refractivity contribution in [3.63, 3.8) is 0 Å². The van der Waals surface area contributed by atoms with E-state index < -0.39 is 31.9 Å². The highest BCUT2D eigenvalue weighted by atomic mass is 32.2. The lowest BCUT2D eigenvalue weighted by atomic mass is 10.2. The van der Waals surface area contributed by atoms with Gasteiger partial charge >= 0.3 is 0 Å². The molecule has 0 radical (unpaired) electrons. The zero-order chi connectivity index (χ0) is 18.4. The van der Waals surface area contributed by atoms with Gasteiger partial charge in [-0.25, -0.2) is 21.1 Å². The van der Waals surface area contributed by atoms with Crippen LogP contribution in [0.25, 0.3) is 0 Å². The minimum Gasteiger partial charge on any atom is -0.495 e. The number of carbonyl (C=O) groups excluding carboxylic acids is 1. The van der Waals surface area contributed by atoms with E-state index in [0.717, 1.165) is 12.8 Å². The summed E-state index contributed by atoms with van der Waals surface area (Å²) in [7, 11) is -6.29. The van der Waals surface area contributed by atoms with E-state index in [1.165, 1.54) is 36.5 Å². The first-order valence-electron chi connectivity index (χ1n) is 7.93. The van der Waals surface area contributed by atoms with Crippen molar-refractivity contribution in [2.45, 2.75) is 24.7 Å². The van der Waals surface area contributed by atoms with Crippen molar-refractivity contribution in [1.82, 2.24) is 4.31 Å². The maximum Gasteiger partial charge on any atom is 0.246 e. The number of anilines is 1. The molecular formula is C15H20N2O6S2. The molecule has 1 atom stereocenters. The van der Waals surface area contributed by atoms with Crippen LogP contribution in [0.3, 0.4) is 0 Å². The van der Waals surface area contributed by atoms with Crippen molar-refractivity contribution < 1.29 is 26.4 Å². The van der Waals surface area contributed by atoms with Gasteiger partial charge in [0.2, 0.25) is 26.0 Å². The quantitative estimate of drug-likeness (QED) is 0.756. The third kappa shape index (κ3) is 3.02. The first-order chi connectivity index (χ1) is 11.7. The van der Waals surface area contributed by atoms with E-state index in [2.05, 4.69) is 0 Å². The highest BCUT2D eigenvalue weighted by Crippen LogP contribution is 2.35. The molecule has 25 heavy (non-hydrogen) atoms. The van der Waals surface area contributed by atoms with Crippen molar-refractivity contribution in [1.29, 1.82) is 0 Å². The Kier molecular flexibility index (Phi) is 4.54. The van der Waals surface area contributed by atoms with Crippen molar-refractivity contribution in [2.75, 3.05) is 30.3 Å². The molecule has 2 aliphatic heterocycles. The fourth-order valence-electron chi connectivity index (χ4n) is 3.15. The number of benzene rings is 1. The number of hydrogen-bond donors (Lipinski definition) is 0. The van der Waals surface area contributed by atoms with Gasteiger partial charge in [-0.15, -0.1) is 0 Å². The number of nitrogens with zero attached hydrogens (tertiary/aromatic N) is 2. The second-order valence-corrected chi connectivity index (χ2v) is 10.00. The third-order valence-corrected chi connectivity index (χ3v) is 8.21. The van der Waals surface area contributed by atoms with E-state index in [-0.39, 0.29) is 22.1 Å². The number of amides is 1. The largest absolute Gasteiger partial charge is 0.495 e. The molecule has 138 valence electrons. The van der Waals surface area contributed by atoms with E-state index in [4.69, 9.17) is 4.74 Å². The molecule has 0 spiro atoms. The molecule has 2 aliphatic rings. The molecule has 1 aromatic carbocycles.